The minimum atomic E-state index is -4.53. The zero-order chi connectivity index (χ0) is 21.5. The van der Waals surface area contributed by atoms with Crippen LogP contribution in [-0.4, -0.2) is 30.3 Å². The summed E-state index contributed by atoms with van der Waals surface area (Å²) in [6.45, 7) is -1.42. The molecule has 0 radical (unpaired) electrons. The number of nitrogens with zero attached hydrogens (tertiary/aromatic N) is 5. The third-order valence-corrected chi connectivity index (χ3v) is 4.40. The van der Waals surface area contributed by atoms with E-state index in [9.17, 15) is 26.3 Å². The molecule has 3 heterocycles. The number of imidazole rings is 2. The highest BCUT2D eigenvalue weighted by Crippen LogP contribution is 2.32. The molecule has 0 bridgehead atoms. The number of alkyl halides is 6. The minimum absolute atomic E-state index is 0.0623. The van der Waals surface area contributed by atoms with Crippen LogP contribution in [-0.2, 0) is 19.3 Å². The van der Waals surface area contributed by atoms with Crippen molar-refractivity contribution in [2.75, 3.05) is 0 Å². The molecular weight excluding hydrogens is 412 g/mol. The topological polar surface area (TPSA) is 48.5 Å². The van der Waals surface area contributed by atoms with Crippen LogP contribution >= 0.6 is 0 Å². The maximum atomic E-state index is 13.1. The smallest absolute Gasteiger partial charge is 0.323 e. The van der Waals surface area contributed by atoms with E-state index in [0.29, 0.717) is 0 Å². The van der Waals surface area contributed by atoms with E-state index in [2.05, 4.69) is 15.0 Å². The molecule has 156 valence electrons. The van der Waals surface area contributed by atoms with Gasteiger partial charge in [-0.2, -0.15) is 26.3 Å². The molecule has 0 fully saturated rings. The molecule has 3 aromatic heterocycles. The maximum absolute atomic E-state index is 13.1. The first-order valence-electron chi connectivity index (χ1n) is 8.67. The zero-order valence-corrected chi connectivity index (χ0v) is 15.1. The summed E-state index contributed by atoms with van der Waals surface area (Å²) in [6.07, 6.45) is -4.82. The summed E-state index contributed by atoms with van der Waals surface area (Å²) < 4.78 is 80.8. The maximum Gasteiger partial charge on any atom is 0.416 e. The second kappa shape index (κ2) is 7.15. The van der Waals surface area contributed by atoms with Gasteiger partial charge in [0.1, 0.15) is 23.7 Å². The molecule has 4 aromatic rings. The first-order chi connectivity index (χ1) is 14.1. The fraction of sp³-hybridized carbons (Fsp3) is 0.211. The Kier molecular flexibility index (Phi) is 4.75. The highest BCUT2D eigenvalue weighted by Gasteiger charge is 2.32. The van der Waals surface area contributed by atoms with Crippen molar-refractivity contribution in [3.05, 3.63) is 66.4 Å². The Morgan fingerprint density at radius 1 is 0.900 bits per heavy atom. The number of halogens is 6. The normalized spacial score (nSPS) is 12.6. The van der Waals surface area contributed by atoms with Crippen LogP contribution in [0.1, 0.15) is 11.4 Å². The molecule has 11 heteroatoms. The van der Waals surface area contributed by atoms with E-state index in [1.165, 1.54) is 35.3 Å². The number of pyridine rings is 1. The largest absolute Gasteiger partial charge is 0.416 e. The lowest BCUT2D eigenvalue weighted by molar-refractivity contribution is -0.140. The quantitative estimate of drug-likeness (QED) is 0.436. The molecule has 5 nitrogen and oxygen atoms in total. The molecule has 0 N–H and O–H groups in total. The van der Waals surface area contributed by atoms with Crippen molar-refractivity contribution < 1.29 is 26.3 Å². The number of fused-ring (bicyclic) bond motifs is 1. The molecule has 30 heavy (non-hydrogen) atoms. The van der Waals surface area contributed by atoms with Gasteiger partial charge >= 0.3 is 12.4 Å². The Labute approximate surface area is 165 Å². The molecule has 0 saturated carbocycles. The van der Waals surface area contributed by atoms with Gasteiger partial charge in [-0.05, 0) is 24.3 Å². The van der Waals surface area contributed by atoms with E-state index in [1.54, 1.807) is 12.1 Å². The van der Waals surface area contributed by atoms with Crippen molar-refractivity contribution in [2.45, 2.75) is 25.4 Å². The highest BCUT2D eigenvalue weighted by molar-refractivity contribution is 5.71. The second-order valence-electron chi connectivity index (χ2n) is 6.53. The molecule has 0 aliphatic rings. The van der Waals surface area contributed by atoms with Crippen molar-refractivity contribution in [1.29, 1.82) is 0 Å². The van der Waals surface area contributed by atoms with Gasteiger partial charge in [0.05, 0.1) is 12.1 Å². The first-order valence-corrected chi connectivity index (χ1v) is 8.67. The molecule has 0 spiro atoms. The van der Waals surface area contributed by atoms with E-state index in [-0.39, 0.29) is 34.9 Å². The van der Waals surface area contributed by atoms with Crippen molar-refractivity contribution in [1.82, 2.24) is 24.1 Å². The van der Waals surface area contributed by atoms with Crippen molar-refractivity contribution in [3.63, 3.8) is 0 Å². The van der Waals surface area contributed by atoms with E-state index in [1.807, 2.05) is 0 Å². The van der Waals surface area contributed by atoms with E-state index >= 15 is 0 Å². The summed E-state index contributed by atoms with van der Waals surface area (Å²) in [6, 6.07) is 7.68. The molecule has 0 amide bonds. The fourth-order valence-corrected chi connectivity index (χ4v) is 3.16. The summed E-state index contributed by atoms with van der Waals surface area (Å²) in [5.74, 6) is 0.243. The molecule has 0 aliphatic carbocycles. The van der Waals surface area contributed by atoms with Crippen LogP contribution < -0.4 is 0 Å². The van der Waals surface area contributed by atoms with Crippen LogP contribution in [0, 0.1) is 0 Å². The summed E-state index contributed by atoms with van der Waals surface area (Å²) in [5, 5.41) is 0. The molecule has 0 atom stereocenters. The Morgan fingerprint density at radius 2 is 1.70 bits per heavy atom. The van der Waals surface area contributed by atoms with Crippen LogP contribution in [0.25, 0.3) is 22.6 Å². The van der Waals surface area contributed by atoms with Gasteiger partial charge in [0, 0.05) is 24.2 Å². The lowest BCUT2D eigenvalue weighted by Gasteiger charge is -2.13. The lowest BCUT2D eigenvalue weighted by atomic mass is 10.1. The SMILES string of the molecule is FC(F)(F)Cn1c(Cn2ccnc2-c2cccc(C(F)(F)F)c2)nc2cccnc21. The Bertz CT molecular complexity index is 1190. The molecule has 1 aromatic carbocycles. The number of aromatic nitrogens is 5. The lowest BCUT2D eigenvalue weighted by Crippen LogP contribution is -2.21. The Balaban J connectivity index is 1.75. The average molecular weight is 425 g/mol. The zero-order valence-electron chi connectivity index (χ0n) is 15.1. The van der Waals surface area contributed by atoms with Gasteiger partial charge < -0.3 is 9.13 Å². The van der Waals surface area contributed by atoms with Crippen LogP contribution in [0.4, 0.5) is 26.3 Å². The fourth-order valence-electron chi connectivity index (χ4n) is 3.16. The van der Waals surface area contributed by atoms with Crippen LogP contribution in [0.3, 0.4) is 0 Å². The highest BCUT2D eigenvalue weighted by atomic mass is 19.4. The number of benzene rings is 1. The van der Waals surface area contributed by atoms with Gasteiger partial charge in [-0.25, -0.2) is 15.0 Å². The van der Waals surface area contributed by atoms with E-state index in [4.69, 9.17) is 0 Å². The number of hydrogen-bond donors (Lipinski definition) is 0. The van der Waals surface area contributed by atoms with E-state index in [0.717, 1.165) is 16.7 Å². The van der Waals surface area contributed by atoms with Gasteiger partial charge in [0.15, 0.2) is 5.65 Å². The number of hydrogen-bond acceptors (Lipinski definition) is 3. The summed E-state index contributed by atoms with van der Waals surface area (Å²) in [4.78, 5) is 12.3. The molecule has 4 rings (SSSR count). The van der Waals surface area contributed by atoms with Gasteiger partial charge in [-0.1, -0.05) is 12.1 Å². The second-order valence-corrected chi connectivity index (χ2v) is 6.53. The summed E-state index contributed by atoms with van der Waals surface area (Å²) in [5.41, 5.74) is -0.294. The number of rotatable bonds is 4. The van der Waals surface area contributed by atoms with E-state index < -0.39 is 24.5 Å². The minimum Gasteiger partial charge on any atom is -0.323 e. The van der Waals surface area contributed by atoms with Crippen molar-refractivity contribution >= 4 is 11.2 Å². The van der Waals surface area contributed by atoms with Gasteiger partial charge in [-0.15, -0.1) is 0 Å². The standard InChI is InChI=1S/C19H13F6N5/c20-18(21,22)11-30-15(28-14-5-2-6-26-17(14)30)10-29-8-7-27-16(29)12-3-1-4-13(9-12)19(23,24)25/h1-9H,10-11H2. The molecule has 0 saturated heterocycles. The van der Waals surface area contributed by atoms with Crippen LogP contribution in [0.2, 0.25) is 0 Å². The predicted octanol–water partition coefficient (Wildman–Crippen LogP) is 4.92. The van der Waals surface area contributed by atoms with Gasteiger partial charge in [-0.3, -0.25) is 0 Å². The van der Waals surface area contributed by atoms with Gasteiger partial charge in [0.25, 0.3) is 0 Å². The summed E-state index contributed by atoms with van der Waals surface area (Å²) in [7, 11) is 0. The predicted molar refractivity (Wildman–Crippen MR) is 95.4 cm³/mol. The molecule has 0 aliphatic heterocycles. The molecule has 0 unspecified atom stereocenters. The van der Waals surface area contributed by atoms with Crippen LogP contribution in [0.15, 0.2) is 55.0 Å². The molecular formula is C19H13F6N5. The first kappa shape index (κ1) is 19.9. The third kappa shape index (κ3) is 4.00. The summed E-state index contributed by atoms with van der Waals surface area (Å²) >= 11 is 0. The monoisotopic (exact) mass is 425 g/mol. The van der Waals surface area contributed by atoms with Gasteiger partial charge in [0.2, 0.25) is 0 Å². The van der Waals surface area contributed by atoms with Crippen molar-refractivity contribution in [2.24, 2.45) is 0 Å². The Hall–Kier alpha value is -3.37. The van der Waals surface area contributed by atoms with Crippen molar-refractivity contribution in [3.8, 4) is 11.4 Å². The third-order valence-electron chi connectivity index (χ3n) is 4.40. The average Bonchev–Trinajstić information content (AvgIpc) is 3.26. The van der Waals surface area contributed by atoms with Crippen LogP contribution in [0.5, 0.6) is 0 Å². The Morgan fingerprint density at radius 3 is 2.43 bits per heavy atom.